The molecule has 0 saturated carbocycles. The highest BCUT2D eigenvalue weighted by Crippen LogP contribution is 2.28. The topological polar surface area (TPSA) is 81.8 Å². The SMILES string of the molecule is CCC(=O)c1ccc(-c2nc(N)nc(C)c2C#Cc2cccnc2)cc1Cl. The van der Waals surface area contributed by atoms with Gasteiger partial charge in [-0.2, -0.15) is 0 Å². The van der Waals surface area contributed by atoms with Crippen LogP contribution in [0.1, 0.15) is 40.5 Å². The molecule has 0 spiro atoms. The summed E-state index contributed by atoms with van der Waals surface area (Å²) in [5.74, 6) is 6.31. The van der Waals surface area contributed by atoms with E-state index in [1.807, 2.05) is 19.1 Å². The highest BCUT2D eigenvalue weighted by molar-refractivity contribution is 6.34. The maximum absolute atomic E-state index is 12.0. The number of aromatic nitrogens is 3. The summed E-state index contributed by atoms with van der Waals surface area (Å²) in [6.07, 6.45) is 3.76. The number of pyridine rings is 1. The van der Waals surface area contributed by atoms with Crippen molar-refractivity contribution >= 4 is 23.3 Å². The van der Waals surface area contributed by atoms with Crippen LogP contribution in [0.25, 0.3) is 11.3 Å². The molecule has 2 N–H and O–H groups in total. The fraction of sp³-hybridized carbons (Fsp3) is 0.143. The lowest BCUT2D eigenvalue weighted by Crippen LogP contribution is -2.03. The van der Waals surface area contributed by atoms with Crippen LogP contribution in [0.4, 0.5) is 5.95 Å². The highest BCUT2D eigenvalue weighted by Gasteiger charge is 2.15. The van der Waals surface area contributed by atoms with Gasteiger partial charge in [-0.05, 0) is 31.2 Å². The van der Waals surface area contributed by atoms with Crippen molar-refractivity contribution < 1.29 is 4.79 Å². The minimum atomic E-state index is -0.0125. The van der Waals surface area contributed by atoms with Gasteiger partial charge in [0.15, 0.2) is 5.78 Å². The van der Waals surface area contributed by atoms with Gasteiger partial charge in [0.25, 0.3) is 0 Å². The number of carbonyl (C=O) groups is 1. The first-order valence-corrected chi connectivity index (χ1v) is 8.76. The van der Waals surface area contributed by atoms with Crippen LogP contribution in [0, 0.1) is 18.8 Å². The number of nitrogens with two attached hydrogens (primary N) is 1. The van der Waals surface area contributed by atoms with E-state index in [9.17, 15) is 4.79 Å². The van der Waals surface area contributed by atoms with Gasteiger partial charge in [0.2, 0.25) is 5.95 Å². The highest BCUT2D eigenvalue weighted by atomic mass is 35.5. The van der Waals surface area contributed by atoms with Gasteiger partial charge in [-0.25, -0.2) is 9.97 Å². The molecule has 0 aliphatic heterocycles. The Morgan fingerprint density at radius 2 is 2.04 bits per heavy atom. The van der Waals surface area contributed by atoms with E-state index in [0.717, 1.165) is 11.1 Å². The number of carbonyl (C=O) groups excluding carboxylic acids is 1. The van der Waals surface area contributed by atoms with Gasteiger partial charge in [0.1, 0.15) is 0 Å². The molecule has 5 nitrogen and oxygen atoms in total. The standard InChI is InChI=1S/C21H17ClN4O/c1-3-19(27)17-9-7-15(11-18(17)22)20-16(13(2)25-21(23)26-20)8-6-14-5-4-10-24-12-14/h4-5,7,9-12H,3H2,1-2H3,(H2,23,25,26). The minimum Gasteiger partial charge on any atom is -0.368 e. The van der Waals surface area contributed by atoms with Gasteiger partial charge in [-0.3, -0.25) is 9.78 Å². The van der Waals surface area contributed by atoms with Gasteiger partial charge < -0.3 is 5.73 Å². The lowest BCUT2D eigenvalue weighted by Gasteiger charge is -2.10. The lowest BCUT2D eigenvalue weighted by molar-refractivity contribution is 0.0988. The Bertz CT molecular complexity index is 1070. The Kier molecular flexibility index (Phi) is 5.49. The summed E-state index contributed by atoms with van der Waals surface area (Å²) in [6, 6.07) is 8.90. The van der Waals surface area contributed by atoms with Crippen LogP contribution in [0.3, 0.4) is 0 Å². The molecule has 0 unspecified atom stereocenters. The Morgan fingerprint density at radius 3 is 2.70 bits per heavy atom. The summed E-state index contributed by atoms with van der Waals surface area (Å²) < 4.78 is 0. The summed E-state index contributed by atoms with van der Waals surface area (Å²) >= 11 is 6.32. The van der Waals surface area contributed by atoms with E-state index in [4.69, 9.17) is 17.3 Å². The molecule has 2 aromatic heterocycles. The van der Waals surface area contributed by atoms with Crippen LogP contribution in [0.2, 0.25) is 5.02 Å². The van der Waals surface area contributed by atoms with Crippen molar-refractivity contribution in [1.29, 1.82) is 0 Å². The summed E-state index contributed by atoms with van der Waals surface area (Å²) in [7, 11) is 0. The number of aryl methyl sites for hydroxylation is 1. The average Bonchev–Trinajstić information content (AvgIpc) is 2.67. The van der Waals surface area contributed by atoms with Crippen molar-refractivity contribution in [1.82, 2.24) is 15.0 Å². The van der Waals surface area contributed by atoms with E-state index in [-0.39, 0.29) is 11.7 Å². The van der Waals surface area contributed by atoms with Crippen molar-refractivity contribution in [2.45, 2.75) is 20.3 Å². The zero-order valence-corrected chi connectivity index (χ0v) is 15.7. The number of nitrogens with zero attached hydrogens (tertiary/aromatic N) is 3. The van der Waals surface area contributed by atoms with E-state index in [0.29, 0.717) is 34.0 Å². The summed E-state index contributed by atoms with van der Waals surface area (Å²) in [5.41, 5.74) is 9.73. The van der Waals surface area contributed by atoms with E-state index in [1.165, 1.54) is 0 Å². The summed E-state index contributed by atoms with van der Waals surface area (Å²) in [5, 5.41) is 0.375. The third-order valence-electron chi connectivity index (χ3n) is 3.96. The molecule has 1 aromatic carbocycles. The molecule has 0 fully saturated rings. The van der Waals surface area contributed by atoms with E-state index >= 15 is 0 Å². The quantitative estimate of drug-likeness (QED) is 0.550. The van der Waals surface area contributed by atoms with Crippen molar-refractivity contribution in [2.75, 3.05) is 5.73 Å². The van der Waals surface area contributed by atoms with Crippen molar-refractivity contribution in [3.05, 3.63) is 70.1 Å². The van der Waals surface area contributed by atoms with Gasteiger partial charge in [-0.15, -0.1) is 0 Å². The number of benzene rings is 1. The molecule has 0 radical (unpaired) electrons. The Morgan fingerprint density at radius 1 is 1.22 bits per heavy atom. The van der Waals surface area contributed by atoms with Crippen molar-refractivity contribution in [3.63, 3.8) is 0 Å². The Labute approximate surface area is 162 Å². The normalized spacial score (nSPS) is 10.2. The number of hydrogen-bond donors (Lipinski definition) is 1. The Balaban J connectivity index is 2.12. The fourth-order valence-electron chi connectivity index (χ4n) is 2.60. The van der Waals surface area contributed by atoms with E-state index < -0.39 is 0 Å². The largest absolute Gasteiger partial charge is 0.368 e. The zero-order valence-electron chi connectivity index (χ0n) is 15.0. The van der Waals surface area contributed by atoms with E-state index in [2.05, 4.69) is 26.8 Å². The molecule has 0 atom stereocenters. The molecule has 3 aromatic rings. The molecule has 27 heavy (non-hydrogen) atoms. The second kappa shape index (κ2) is 7.98. The molecule has 0 aliphatic rings. The lowest BCUT2D eigenvalue weighted by atomic mass is 10.0. The molecule has 0 amide bonds. The van der Waals surface area contributed by atoms with Crippen LogP contribution >= 0.6 is 11.6 Å². The molecule has 0 bridgehead atoms. The zero-order chi connectivity index (χ0) is 19.4. The number of nitrogen functional groups attached to an aromatic ring is 1. The van der Waals surface area contributed by atoms with Crippen LogP contribution in [0.5, 0.6) is 0 Å². The molecule has 6 heteroatoms. The second-order valence-electron chi connectivity index (χ2n) is 5.85. The summed E-state index contributed by atoms with van der Waals surface area (Å²) in [6.45, 7) is 3.62. The van der Waals surface area contributed by atoms with Crippen LogP contribution in [-0.4, -0.2) is 20.7 Å². The van der Waals surface area contributed by atoms with Gasteiger partial charge in [0, 0.05) is 35.5 Å². The van der Waals surface area contributed by atoms with Gasteiger partial charge in [0.05, 0.1) is 22.0 Å². The maximum Gasteiger partial charge on any atom is 0.220 e. The number of halogens is 1. The number of anilines is 1. The van der Waals surface area contributed by atoms with E-state index in [1.54, 1.807) is 37.5 Å². The molecular formula is C21H17ClN4O. The molecule has 3 rings (SSSR count). The van der Waals surface area contributed by atoms with Crippen LogP contribution in [-0.2, 0) is 0 Å². The molecule has 0 aliphatic carbocycles. The first-order chi connectivity index (χ1) is 13.0. The molecule has 0 saturated heterocycles. The van der Waals surface area contributed by atoms with Gasteiger partial charge >= 0.3 is 0 Å². The van der Waals surface area contributed by atoms with Crippen LogP contribution in [0.15, 0.2) is 42.7 Å². The maximum atomic E-state index is 12.0. The molecule has 2 heterocycles. The number of hydrogen-bond acceptors (Lipinski definition) is 5. The first-order valence-electron chi connectivity index (χ1n) is 8.39. The first kappa shape index (κ1) is 18.6. The minimum absolute atomic E-state index is 0.0125. The smallest absolute Gasteiger partial charge is 0.220 e. The monoisotopic (exact) mass is 376 g/mol. The third-order valence-corrected chi connectivity index (χ3v) is 4.28. The van der Waals surface area contributed by atoms with Crippen LogP contribution < -0.4 is 5.73 Å². The number of ketones is 1. The van der Waals surface area contributed by atoms with Crippen molar-refractivity contribution in [3.8, 4) is 23.1 Å². The predicted octanol–water partition coefficient (Wildman–Crippen LogP) is 4.08. The van der Waals surface area contributed by atoms with Crippen molar-refractivity contribution in [2.24, 2.45) is 0 Å². The number of rotatable bonds is 3. The number of Topliss-reactive ketones (excluding diaryl/α,β-unsaturated/α-hetero) is 1. The summed E-state index contributed by atoms with van der Waals surface area (Å²) in [4.78, 5) is 24.6. The fourth-order valence-corrected chi connectivity index (χ4v) is 2.89. The Hall–Kier alpha value is -3.23. The third kappa shape index (κ3) is 4.13. The molecular weight excluding hydrogens is 360 g/mol. The predicted molar refractivity (Wildman–Crippen MR) is 106 cm³/mol. The second-order valence-corrected chi connectivity index (χ2v) is 6.26. The van der Waals surface area contributed by atoms with Gasteiger partial charge in [-0.1, -0.05) is 36.4 Å². The average molecular weight is 377 g/mol. The molecule has 134 valence electrons.